The minimum atomic E-state index is 0.527. The van der Waals surface area contributed by atoms with Crippen LogP contribution in [0.5, 0.6) is 5.75 Å². The fourth-order valence-corrected chi connectivity index (χ4v) is 1.35. The van der Waals surface area contributed by atoms with Crippen LogP contribution in [0.3, 0.4) is 0 Å². The Morgan fingerprint density at radius 2 is 2.21 bits per heavy atom. The summed E-state index contributed by atoms with van der Waals surface area (Å²) in [5.74, 6) is 0.781. The van der Waals surface area contributed by atoms with Crippen molar-refractivity contribution in [1.29, 1.82) is 0 Å². The maximum absolute atomic E-state index is 10.5. The highest BCUT2D eigenvalue weighted by Gasteiger charge is 2.04. The predicted molar refractivity (Wildman–Crippen MR) is 57.1 cm³/mol. The molecule has 0 N–H and O–H groups in total. The molecule has 1 rings (SSSR count). The molecule has 3 nitrogen and oxygen atoms in total. The number of nitroso groups, excluding NO2 is 1. The Balaban J connectivity index is 2.90. The monoisotopic (exact) mass is 193 g/mol. The summed E-state index contributed by atoms with van der Waals surface area (Å²) in [6, 6.07) is 5.34. The highest BCUT2D eigenvalue weighted by Crippen LogP contribution is 2.25. The van der Waals surface area contributed by atoms with E-state index in [-0.39, 0.29) is 0 Å². The van der Waals surface area contributed by atoms with Gasteiger partial charge in [-0.3, -0.25) is 0 Å². The summed E-state index contributed by atoms with van der Waals surface area (Å²) >= 11 is 0. The van der Waals surface area contributed by atoms with Crippen LogP contribution >= 0.6 is 0 Å². The minimum Gasteiger partial charge on any atom is -0.497 e. The summed E-state index contributed by atoms with van der Waals surface area (Å²) in [7, 11) is 1.62. The van der Waals surface area contributed by atoms with Crippen molar-refractivity contribution in [3.8, 4) is 5.75 Å². The molecule has 0 fully saturated rings. The van der Waals surface area contributed by atoms with Crippen molar-refractivity contribution in [2.45, 2.75) is 26.2 Å². The number of ether oxygens (including phenoxy) is 1. The van der Waals surface area contributed by atoms with Gasteiger partial charge in [0.25, 0.3) is 0 Å². The third-order valence-electron chi connectivity index (χ3n) is 2.18. The van der Waals surface area contributed by atoms with Gasteiger partial charge in [0.2, 0.25) is 0 Å². The molecular weight excluding hydrogens is 178 g/mol. The summed E-state index contributed by atoms with van der Waals surface area (Å²) in [5, 5.41) is 2.99. The minimum absolute atomic E-state index is 0.527. The van der Waals surface area contributed by atoms with Crippen molar-refractivity contribution >= 4 is 5.69 Å². The van der Waals surface area contributed by atoms with Gasteiger partial charge in [0.15, 0.2) is 0 Å². The van der Waals surface area contributed by atoms with E-state index in [9.17, 15) is 4.91 Å². The number of nitrogens with zero attached hydrogens (tertiary/aromatic N) is 1. The number of methoxy groups -OCH3 is 1. The Morgan fingerprint density at radius 3 is 2.79 bits per heavy atom. The molecule has 0 unspecified atom stereocenters. The van der Waals surface area contributed by atoms with Gasteiger partial charge in [-0.05, 0) is 41.8 Å². The van der Waals surface area contributed by atoms with Gasteiger partial charge in [0, 0.05) is 0 Å². The first-order valence-electron chi connectivity index (χ1n) is 4.82. The first kappa shape index (κ1) is 10.7. The third kappa shape index (κ3) is 2.55. The molecule has 76 valence electrons. The SMILES string of the molecule is CCCCc1cc(OC)ccc1N=O. The first-order valence-corrected chi connectivity index (χ1v) is 4.82. The van der Waals surface area contributed by atoms with E-state index in [1.807, 2.05) is 6.07 Å². The Labute approximate surface area is 84.1 Å². The molecule has 1 aromatic carbocycles. The molecule has 0 saturated carbocycles. The van der Waals surface area contributed by atoms with Crippen molar-refractivity contribution in [2.75, 3.05) is 7.11 Å². The van der Waals surface area contributed by atoms with Crippen LogP contribution in [0.2, 0.25) is 0 Å². The van der Waals surface area contributed by atoms with Crippen LogP contribution in [0.25, 0.3) is 0 Å². The summed E-state index contributed by atoms with van der Waals surface area (Å²) in [6.07, 6.45) is 3.06. The molecule has 0 aliphatic carbocycles. The zero-order valence-electron chi connectivity index (χ0n) is 8.62. The second-order valence-electron chi connectivity index (χ2n) is 3.19. The summed E-state index contributed by atoms with van der Waals surface area (Å²) in [6.45, 7) is 2.12. The zero-order chi connectivity index (χ0) is 10.4. The zero-order valence-corrected chi connectivity index (χ0v) is 8.62. The molecular formula is C11H15NO2. The van der Waals surface area contributed by atoms with Crippen LogP contribution in [0.4, 0.5) is 5.69 Å². The molecule has 0 bridgehead atoms. The Kier molecular flexibility index (Phi) is 4.11. The number of rotatable bonds is 5. The molecule has 3 heteroatoms. The van der Waals surface area contributed by atoms with E-state index in [0.29, 0.717) is 5.69 Å². The molecule has 14 heavy (non-hydrogen) atoms. The Hall–Kier alpha value is -1.38. The Morgan fingerprint density at radius 1 is 1.43 bits per heavy atom. The average Bonchev–Trinajstić information content (AvgIpc) is 2.25. The maximum atomic E-state index is 10.5. The number of benzene rings is 1. The van der Waals surface area contributed by atoms with E-state index in [4.69, 9.17) is 4.74 Å². The predicted octanol–water partition coefficient (Wildman–Crippen LogP) is 3.44. The van der Waals surface area contributed by atoms with E-state index < -0.39 is 0 Å². The lowest BCUT2D eigenvalue weighted by Gasteiger charge is -2.05. The van der Waals surface area contributed by atoms with Crippen molar-refractivity contribution in [3.63, 3.8) is 0 Å². The van der Waals surface area contributed by atoms with E-state index in [1.165, 1.54) is 0 Å². The van der Waals surface area contributed by atoms with Crippen molar-refractivity contribution in [2.24, 2.45) is 5.18 Å². The van der Waals surface area contributed by atoms with Gasteiger partial charge in [-0.15, -0.1) is 4.91 Å². The molecule has 0 amide bonds. The van der Waals surface area contributed by atoms with Gasteiger partial charge in [-0.2, -0.15) is 0 Å². The van der Waals surface area contributed by atoms with Crippen molar-refractivity contribution < 1.29 is 4.74 Å². The second-order valence-corrected chi connectivity index (χ2v) is 3.19. The molecule has 0 aromatic heterocycles. The lowest BCUT2D eigenvalue weighted by molar-refractivity contribution is 0.414. The van der Waals surface area contributed by atoms with Crippen LogP contribution in [0.1, 0.15) is 25.3 Å². The lowest BCUT2D eigenvalue weighted by Crippen LogP contribution is -1.88. The van der Waals surface area contributed by atoms with Crippen LogP contribution in [-0.4, -0.2) is 7.11 Å². The summed E-state index contributed by atoms with van der Waals surface area (Å²) < 4.78 is 5.09. The van der Waals surface area contributed by atoms with Gasteiger partial charge >= 0.3 is 0 Å². The lowest BCUT2D eigenvalue weighted by atomic mass is 10.1. The van der Waals surface area contributed by atoms with Crippen LogP contribution in [0.15, 0.2) is 23.4 Å². The molecule has 0 aliphatic heterocycles. The van der Waals surface area contributed by atoms with Crippen LogP contribution in [0, 0.1) is 4.91 Å². The highest BCUT2D eigenvalue weighted by atomic mass is 16.5. The van der Waals surface area contributed by atoms with Gasteiger partial charge in [-0.1, -0.05) is 13.3 Å². The molecule has 0 aliphatic rings. The third-order valence-corrected chi connectivity index (χ3v) is 2.18. The highest BCUT2D eigenvalue weighted by molar-refractivity contribution is 5.49. The molecule has 0 saturated heterocycles. The van der Waals surface area contributed by atoms with Crippen molar-refractivity contribution in [3.05, 3.63) is 28.7 Å². The topological polar surface area (TPSA) is 38.7 Å². The molecule has 1 aromatic rings. The molecule has 0 atom stereocenters. The normalized spacial score (nSPS) is 9.86. The van der Waals surface area contributed by atoms with Gasteiger partial charge in [0.05, 0.1) is 7.11 Å². The van der Waals surface area contributed by atoms with Crippen molar-refractivity contribution in [1.82, 2.24) is 0 Å². The number of unbranched alkanes of at least 4 members (excludes halogenated alkanes) is 1. The smallest absolute Gasteiger partial charge is 0.119 e. The molecule has 0 radical (unpaired) electrons. The number of hydrogen-bond donors (Lipinski definition) is 0. The molecule has 0 heterocycles. The van der Waals surface area contributed by atoms with E-state index in [1.54, 1.807) is 19.2 Å². The number of hydrogen-bond acceptors (Lipinski definition) is 3. The number of aryl methyl sites for hydroxylation is 1. The van der Waals surface area contributed by atoms with Gasteiger partial charge < -0.3 is 4.74 Å². The van der Waals surface area contributed by atoms with Gasteiger partial charge in [-0.25, -0.2) is 0 Å². The fourth-order valence-electron chi connectivity index (χ4n) is 1.35. The van der Waals surface area contributed by atoms with E-state index >= 15 is 0 Å². The van der Waals surface area contributed by atoms with E-state index in [0.717, 1.165) is 30.6 Å². The van der Waals surface area contributed by atoms with E-state index in [2.05, 4.69) is 12.1 Å². The Bertz CT molecular complexity index is 310. The largest absolute Gasteiger partial charge is 0.497 e. The fraction of sp³-hybridized carbons (Fsp3) is 0.455. The van der Waals surface area contributed by atoms with Gasteiger partial charge in [0.1, 0.15) is 11.4 Å². The summed E-state index contributed by atoms with van der Waals surface area (Å²) in [4.78, 5) is 10.5. The summed E-state index contributed by atoms with van der Waals surface area (Å²) in [5.41, 5.74) is 1.50. The van der Waals surface area contributed by atoms with Crippen LogP contribution < -0.4 is 4.74 Å². The maximum Gasteiger partial charge on any atom is 0.119 e. The van der Waals surface area contributed by atoms with Crippen LogP contribution in [-0.2, 0) is 6.42 Å². The first-order chi connectivity index (χ1) is 6.81. The average molecular weight is 193 g/mol. The quantitative estimate of drug-likeness (QED) is 0.672. The molecule has 0 spiro atoms. The standard InChI is InChI=1S/C11H15NO2/c1-3-4-5-9-8-10(14-2)6-7-11(9)12-13/h6-8H,3-5H2,1-2H3. The second kappa shape index (κ2) is 5.37.